The molecular formula is C15H12ClN3O2. The van der Waals surface area contributed by atoms with Gasteiger partial charge in [0.25, 0.3) is 11.8 Å². The molecule has 2 heterocycles. The van der Waals surface area contributed by atoms with Crippen LogP contribution >= 0.6 is 11.6 Å². The molecule has 2 amide bonds. The van der Waals surface area contributed by atoms with Gasteiger partial charge in [0.05, 0.1) is 5.52 Å². The molecule has 0 saturated heterocycles. The number of pyridine rings is 1. The molecule has 1 aromatic carbocycles. The molecule has 0 bridgehead atoms. The van der Waals surface area contributed by atoms with Crippen molar-refractivity contribution in [3.63, 3.8) is 0 Å². The number of hydrogen-bond donors (Lipinski definition) is 1. The minimum Gasteiger partial charge on any atom is -0.271 e. The molecule has 3 rings (SSSR count). The molecule has 2 aromatic rings. The van der Waals surface area contributed by atoms with Crippen LogP contribution in [-0.2, 0) is 9.59 Å². The van der Waals surface area contributed by atoms with E-state index in [9.17, 15) is 9.59 Å². The summed E-state index contributed by atoms with van der Waals surface area (Å²) in [6.07, 6.45) is 0. The number of aromatic nitrogens is 1. The maximum Gasteiger partial charge on any atom is 0.275 e. The Morgan fingerprint density at radius 1 is 1.05 bits per heavy atom. The summed E-state index contributed by atoms with van der Waals surface area (Å²) >= 11 is 5.92. The molecule has 0 fully saturated rings. The predicted octanol–water partition coefficient (Wildman–Crippen LogP) is 2.92. The number of fused-ring (bicyclic) bond motifs is 1. The summed E-state index contributed by atoms with van der Waals surface area (Å²) in [6, 6.07) is 8.85. The number of benzene rings is 1. The molecule has 0 aliphatic carbocycles. The fourth-order valence-electron chi connectivity index (χ4n) is 2.12. The first kappa shape index (κ1) is 13.6. The highest BCUT2D eigenvalue weighted by Crippen LogP contribution is 2.23. The van der Waals surface area contributed by atoms with Gasteiger partial charge in [-0.25, -0.2) is 4.98 Å². The molecule has 1 N–H and O–H groups in total. The number of imide groups is 1. The van der Waals surface area contributed by atoms with E-state index in [0.29, 0.717) is 22.0 Å². The van der Waals surface area contributed by atoms with Crippen molar-refractivity contribution in [2.24, 2.45) is 0 Å². The molecule has 1 aromatic heterocycles. The average molecular weight is 302 g/mol. The molecule has 0 spiro atoms. The van der Waals surface area contributed by atoms with E-state index in [2.05, 4.69) is 10.4 Å². The third-order valence-electron chi connectivity index (χ3n) is 3.49. The van der Waals surface area contributed by atoms with Crippen LogP contribution in [0.15, 0.2) is 41.5 Å². The van der Waals surface area contributed by atoms with Gasteiger partial charge in [-0.3, -0.25) is 15.0 Å². The number of amides is 2. The zero-order chi connectivity index (χ0) is 15.1. The van der Waals surface area contributed by atoms with E-state index in [1.54, 1.807) is 38.1 Å². The summed E-state index contributed by atoms with van der Waals surface area (Å²) in [6.45, 7) is 3.26. The Bertz CT molecular complexity index is 790. The quantitative estimate of drug-likeness (QED) is 0.866. The van der Waals surface area contributed by atoms with Gasteiger partial charge in [0.15, 0.2) is 0 Å². The van der Waals surface area contributed by atoms with Crippen LogP contribution in [-0.4, -0.2) is 21.8 Å². The van der Waals surface area contributed by atoms with Gasteiger partial charge in [-0.1, -0.05) is 11.6 Å². The standard InChI is InChI=1S/C15H12ClN3O2/c1-8-9(2)15(21)19(14(8)20)18-13-6-3-10-7-11(16)4-5-12(10)17-13/h3-7H,1-2H3,(H,17,18). The second-order valence-corrected chi connectivity index (χ2v) is 5.28. The lowest BCUT2D eigenvalue weighted by Crippen LogP contribution is -2.37. The molecule has 0 saturated carbocycles. The average Bonchev–Trinajstić information content (AvgIpc) is 2.65. The minimum absolute atomic E-state index is 0.351. The van der Waals surface area contributed by atoms with Crippen molar-refractivity contribution in [3.8, 4) is 0 Å². The number of carbonyl (C=O) groups is 2. The molecule has 106 valence electrons. The smallest absolute Gasteiger partial charge is 0.271 e. The molecule has 5 nitrogen and oxygen atoms in total. The molecule has 0 atom stereocenters. The number of nitrogens with one attached hydrogen (secondary N) is 1. The molecular weight excluding hydrogens is 290 g/mol. The highest BCUT2D eigenvalue weighted by molar-refractivity contribution is 6.31. The monoisotopic (exact) mass is 301 g/mol. The maximum atomic E-state index is 12.0. The van der Waals surface area contributed by atoms with E-state index in [1.807, 2.05) is 6.07 Å². The number of rotatable bonds is 2. The van der Waals surface area contributed by atoms with Crippen molar-refractivity contribution in [1.29, 1.82) is 0 Å². The van der Waals surface area contributed by atoms with Crippen LogP contribution in [0.2, 0.25) is 5.02 Å². The Morgan fingerprint density at radius 3 is 2.38 bits per heavy atom. The van der Waals surface area contributed by atoms with Crippen molar-refractivity contribution in [1.82, 2.24) is 9.99 Å². The summed E-state index contributed by atoms with van der Waals surface area (Å²) in [5.41, 5.74) is 4.37. The van der Waals surface area contributed by atoms with E-state index < -0.39 is 0 Å². The van der Waals surface area contributed by atoms with Crippen molar-refractivity contribution in [2.75, 3.05) is 5.43 Å². The summed E-state index contributed by atoms with van der Waals surface area (Å²) in [4.78, 5) is 28.3. The Hall–Kier alpha value is -2.40. The Balaban J connectivity index is 1.91. The van der Waals surface area contributed by atoms with Gasteiger partial charge in [-0.15, -0.1) is 0 Å². The van der Waals surface area contributed by atoms with E-state index in [0.717, 1.165) is 15.9 Å². The Morgan fingerprint density at radius 2 is 1.71 bits per heavy atom. The molecule has 0 unspecified atom stereocenters. The Kier molecular flexibility index (Phi) is 3.14. The molecule has 21 heavy (non-hydrogen) atoms. The molecule has 0 radical (unpaired) electrons. The lowest BCUT2D eigenvalue weighted by atomic mass is 10.2. The lowest BCUT2D eigenvalue weighted by molar-refractivity contribution is -0.135. The summed E-state index contributed by atoms with van der Waals surface area (Å²) < 4.78 is 0. The number of carbonyl (C=O) groups excluding carboxylic acids is 2. The van der Waals surface area contributed by atoms with Gasteiger partial charge in [0.1, 0.15) is 5.82 Å². The van der Waals surface area contributed by atoms with Crippen LogP contribution in [0.1, 0.15) is 13.8 Å². The van der Waals surface area contributed by atoms with Crippen LogP contribution in [0.25, 0.3) is 10.9 Å². The Labute approximate surface area is 126 Å². The van der Waals surface area contributed by atoms with Crippen LogP contribution in [0.5, 0.6) is 0 Å². The van der Waals surface area contributed by atoms with Crippen molar-refractivity contribution in [2.45, 2.75) is 13.8 Å². The SMILES string of the molecule is CC1=C(C)C(=O)N(Nc2ccc3cc(Cl)ccc3n2)C1=O. The number of nitrogens with zero attached hydrogens (tertiary/aromatic N) is 2. The number of halogens is 1. The molecule has 1 aliphatic heterocycles. The first-order valence-corrected chi connectivity index (χ1v) is 6.74. The van der Waals surface area contributed by atoms with E-state index in [4.69, 9.17) is 11.6 Å². The largest absolute Gasteiger partial charge is 0.275 e. The van der Waals surface area contributed by atoms with E-state index in [1.165, 1.54) is 0 Å². The topological polar surface area (TPSA) is 62.3 Å². The zero-order valence-electron chi connectivity index (χ0n) is 11.5. The fourth-order valence-corrected chi connectivity index (χ4v) is 2.30. The van der Waals surface area contributed by atoms with Gasteiger partial charge in [-0.05, 0) is 44.2 Å². The maximum absolute atomic E-state index is 12.0. The van der Waals surface area contributed by atoms with E-state index >= 15 is 0 Å². The van der Waals surface area contributed by atoms with Crippen molar-refractivity contribution < 1.29 is 9.59 Å². The fraction of sp³-hybridized carbons (Fsp3) is 0.133. The van der Waals surface area contributed by atoms with Crippen LogP contribution in [0, 0.1) is 0 Å². The minimum atomic E-state index is -0.351. The van der Waals surface area contributed by atoms with Gasteiger partial charge >= 0.3 is 0 Å². The third-order valence-corrected chi connectivity index (χ3v) is 3.72. The lowest BCUT2D eigenvalue weighted by Gasteiger charge is -2.16. The summed E-state index contributed by atoms with van der Waals surface area (Å²) in [5.74, 6) is -0.278. The third kappa shape index (κ3) is 2.25. The van der Waals surface area contributed by atoms with Gasteiger partial charge in [0, 0.05) is 21.6 Å². The second-order valence-electron chi connectivity index (χ2n) is 4.84. The predicted molar refractivity (Wildman–Crippen MR) is 80.6 cm³/mol. The highest BCUT2D eigenvalue weighted by Gasteiger charge is 2.33. The summed E-state index contributed by atoms with van der Waals surface area (Å²) in [7, 11) is 0. The van der Waals surface area contributed by atoms with E-state index in [-0.39, 0.29) is 11.8 Å². The van der Waals surface area contributed by atoms with Gasteiger partial charge in [-0.2, -0.15) is 5.01 Å². The summed E-state index contributed by atoms with van der Waals surface area (Å²) in [5, 5.41) is 2.50. The number of anilines is 1. The molecule has 1 aliphatic rings. The van der Waals surface area contributed by atoms with Crippen LogP contribution < -0.4 is 5.43 Å². The molecule has 6 heteroatoms. The first-order chi connectivity index (χ1) is 9.97. The highest BCUT2D eigenvalue weighted by atomic mass is 35.5. The second kappa shape index (κ2) is 4.86. The number of hydrogen-bond acceptors (Lipinski definition) is 4. The van der Waals surface area contributed by atoms with Gasteiger partial charge < -0.3 is 0 Å². The van der Waals surface area contributed by atoms with Crippen LogP contribution in [0.3, 0.4) is 0 Å². The first-order valence-electron chi connectivity index (χ1n) is 6.36. The van der Waals surface area contributed by atoms with Crippen LogP contribution in [0.4, 0.5) is 5.82 Å². The number of hydrazine groups is 1. The zero-order valence-corrected chi connectivity index (χ0v) is 12.2. The van der Waals surface area contributed by atoms with Crippen molar-refractivity contribution >= 4 is 40.1 Å². The van der Waals surface area contributed by atoms with Gasteiger partial charge in [0.2, 0.25) is 0 Å². The normalized spacial score (nSPS) is 15.3. The van der Waals surface area contributed by atoms with Crippen molar-refractivity contribution in [3.05, 3.63) is 46.5 Å².